The number of amides is 2. The Morgan fingerprint density at radius 3 is 2.33 bits per heavy atom. The van der Waals surface area contributed by atoms with Crippen LogP contribution in [-0.4, -0.2) is 67.2 Å². The van der Waals surface area contributed by atoms with Gasteiger partial charge < -0.3 is 25.4 Å². The van der Waals surface area contributed by atoms with Gasteiger partial charge in [0.1, 0.15) is 18.5 Å². The Morgan fingerprint density at radius 1 is 1.10 bits per heavy atom. The molecule has 2 aliphatic rings. The molecule has 1 saturated heterocycles. The molecule has 2 amide bonds. The Balaban J connectivity index is 0.00000267. The van der Waals surface area contributed by atoms with E-state index in [1.807, 2.05) is 47.4 Å². The Bertz CT molecular complexity index is 1200. The van der Waals surface area contributed by atoms with Crippen LogP contribution in [0.15, 0.2) is 59.6 Å². The number of hydrogen-bond acceptors (Lipinski definition) is 7. The number of ether oxygens (including phenoxy) is 2. The Kier molecular flexibility index (Phi) is 12.3. The smallest absolute Gasteiger partial charge is 0.408 e. The Labute approximate surface area is 261 Å². The molecular formula is C27H33I2N5O5. The molecule has 2 aromatic carbocycles. The maximum atomic E-state index is 12.9. The number of carbonyl (C=O) groups excluding carboxylic acids is 3. The minimum Gasteiger partial charge on any atom is -0.467 e. The molecule has 0 aliphatic carbocycles. The van der Waals surface area contributed by atoms with Gasteiger partial charge in [0, 0.05) is 18.5 Å². The van der Waals surface area contributed by atoms with Gasteiger partial charge in [0.2, 0.25) is 0 Å². The molecule has 2 aliphatic heterocycles. The van der Waals surface area contributed by atoms with Crippen molar-refractivity contribution in [3.8, 4) is 0 Å². The van der Waals surface area contributed by atoms with Gasteiger partial charge in [-0.05, 0) is 37.1 Å². The first kappa shape index (κ1) is 32.6. The van der Waals surface area contributed by atoms with E-state index >= 15 is 0 Å². The van der Waals surface area contributed by atoms with Gasteiger partial charge >= 0.3 is 12.1 Å². The number of nitrogens with one attached hydrogen (secondary N) is 2. The molecule has 0 saturated carbocycles. The minimum absolute atomic E-state index is 0. The van der Waals surface area contributed by atoms with Crippen molar-refractivity contribution in [2.75, 3.05) is 26.7 Å². The number of likely N-dealkylation sites (tertiary alicyclic amines) is 1. The van der Waals surface area contributed by atoms with E-state index in [2.05, 4.69) is 10.3 Å². The van der Waals surface area contributed by atoms with Crippen molar-refractivity contribution < 1.29 is 23.9 Å². The molecule has 1 atom stereocenters. The molecule has 1 unspecified atom stereocenters. The first-order valence-electron chi connectivity index (χ1n) is 12.1. The highest BCUT2D eigenvalue weighted by atomic mass is 127. The number of nitrogens with two attached hydrogens (primary N) is 1. The number of alkyl carbamates (subject to hydrolysis) is 1. The summed E-state index contributed by atoms with van der Waals surface area (Å²) in [6.45, 7) is 1.49. The third kappa shape index (κ3) is 8.20. The van der Waals surface area contributed by atoms with Crippen LogP contribution in [0.4, 0.5) is 4.79 Å². The van der Waals surface area contributed by atoms with Crippen molar-refractivity contribution in [1.29, 1.82) is 5.41 Å². The van der Waals surface area contributed by atoms with Crippen LogP contribution in [0.3, 0.4) is 0 Å². The van der Waals surface area contributed by atoms with Crippen LogP contribution in [0.5, 0.6) is 0 Å². The molecular weight excluding hydrogens is 728 g/mol. The SMILES string of the molecule is COC(=O)C(CN1CCC2(CC1)CC(c1ccc(C(=N)N)cc1)=NC2=O)NC(=O)OCc1ccccc1.I.I. The summed E-state index contributed by atoms with van der Waals surface area (Å²) in [5.74, 6) is -0.692. The third-order valence-corrected chi connectivity index (χ3v) is 6.97. The normalized spacial score (nSPS) is 16.7. The van der Waals surface area contributed by atoms with Crippen molar-refractivity contribution >= 4 is 77.5 Å². The summed E-state index contributed by atoms with van der Waals surface area (Å²) in [7, 11) is 1.27. The molecule has 0 aromatic heterocycles. The third-order valence-electron chi connectivity index (χ3n) is 6.97. The molecule has 4 N–H and O–H groups in total. The lowest BCUT2D eigenvalue weighted by Crippen LogP contribution is -2.52. The lowest BCUT2D eigenvalue weighted by molar-refractivity contribution is -0.144. The van der Waals surface area contributed by atoms with Crippen LogP contribution in [0, 0.1) is 10.8 Å². The summed E-state index contributed by atoms with van der Waals surface area (Å²) in [6, 6.07) is 15.5. The number of nitrogen functional groups attached to an aromatic ring is 1. The second-order valence-electron chi connectivity index (χ2n) is 9.39. The van der Waals surface area contributed by atoms with Gasteiger partial charge in [-0.1, -0.05) is 54.6 Å². The monoisotopic (exact) mass is 761 g/mol. The van der Waals surface area contributed by atoms with Crippen molar-refractivity contribution in [3.05, 3.63) is 71.3 Å². The first-order valence-corrected chi connectivity index (χ1v) is 12.1. The van der Waals surface area contributed by atoms with E-state index in [1.54, 1.807) is 12.1 Å². The van der Waals surface area contributed by atoms with Gasteiger partial charge in [0.25, 0.3) is 5.91 Å². The Morgan fingerprint density at radius 2 is 1.74 bits per heavy atom. The molecule has 4 rings (SSSR count). The molecule has 210 valence electrons. The fourth-order valence-corrected chi connectivity index (χ4v) is 4.73. The van der Waals surface area contributed by atoms with Crippen LogP contribution in [-0.2, 0) is 25.7 Å². The predicted molar refractivity (Wildman–Crippen MR) is 168 cm³/mol. The van der Waals surface area contributed by atoms with Crippen molar-refractivity contribution in [2.45, 2.75) is 31.9 Å². The maximum absolute atomic E-state index is 12.9. The summed E-state index contributed by atoms with van der Waals surface area (Å²) >= 11 is 0. The highest BCUT2D eigenvalue weighted by Gasteiger charge is 2.46. The molecule has 0 radical (unpaired) electrons. The van der Waals surface area contributed by atoms with Crippen molar-refractivity contribution in [1.82, 2.24) is 10.2 Å². The fourth-order valence-electron chi connectivity index (χ4n) is 4.73. The van der Waals surface area contributed by atoms with E-state index in [0.29, 0.717) is 37.9 Å². The summed E-state index contributed by atoms with van der Waals surface area (Å²) in [4.78, 5) is 44.0. The van der Waals surface area contributed by atoms with Crippen molar-refractivity contribution in [2.24, 2.45) is 16.1 Å². The second-order valence-corrected chi connectivity index (χ2v) is 9.39. The zero-order chi connectivity index (χ0) is 26.4. The number of carbonyl (C=O) groups is 3. The van der Waals surface area contributed by atoms with Gasteiger partial charge in [-0.25, -0.2) is 14.6 Å². The number of methoxy groups -OCH3 is 1. The molecule has 39 heavy (non-hydrogen) atoms. The number of piperidine rings is 1. The first-order chi connectivity index (χ1) is 17.8. The molecule has 1 fully saturated rings. The number of benzene rings is 2. The van der Waals surface area contributed by atoms with Crippen LogP contribution >= 0.6 is 48.0 Å². The zero-order valence-electron chi connectivity index (χ0n) is 21.6. The van der Waals surface area contributed by atoms with E-state index < -0.39 is 23.5 Å². The maximum Gasteiger partial charge on any atom is 0.408 e. The topological polar surface area (TPSA) is 147 Å². The van der Waals surface area contributed by atoms with Gasteiger partial charge in [0.05, 0.1) is 18.2 Å². The highest BCUT2D eigenvalue weighted by Crippen LogP contribution is 2.41. The molecule has 10 nitrogen and oxygen atoms in total. The lowest BCUT2D eigenvalue weighted by Gasteiger charge is -2.38. The van der Waals surface area contributed by atoms with Gasteiger partial charge in [0.15, 0.2) is 0 Å². The minimum atomic E-state index is -0.895. The predicted octanol–water partition coefficient (Wildman–Crippen LogP) is 3.48. The second kappa shape index (κ2) is 14.7. The largest absolute Gasteiger partial charge is 0.467 e. The van der Waals surface area contributed by atoms with E-state index in [9.17, 15) is 14.4 Å². The van der Waals surface area contributed by atoms with Gasteiger partial charge in [-0.15, -0.1) is 48.0 Å². The van der Waals surface area contributed by atoms with Crippen LogP contribution in [0.2, 0.25) is 0 Å². The number of hydrogen-bond donors (Lipinski definition) is 3. The van der Waals surface area contributed by atoms with Crippen molar-refractivity contribution in [3.63, 3.8) is 0 Å². The number of rotatable bonds is 8. The quantitative estimate of drug-likeness (QED) is 0.162. The zero-order valence-corrected chi connectivity index (χ0v) is 26.2. The molecule has 12 heteroatoms. The highest BCUT2D eigenvalue weighted by molar-refractivity contribution is 14.0. The van der Waals surface area contributed by atoms with Gasteiger partial charge in [-0.3, -0.25) is 10.2 Å². The number of aliphatic imine (C=N–C) groups is 1. The summed E-state index contributed by atoms with van der Waals surface area (Å²) in [5, 5.41) is 10.1. The number of halogens is 2. The van der Waals surface area contributed by atoms with Gasteiger partial charge in [-0.2, -0.15) is 0 Å². The van der Waals surface area contributed by atoms with E-state index in [0.717, 1.165) is 16.8 Å². The fraction of sp³-hybridized carbons (Fsp3) is 0.370. The van der Waals surface area contributed by atoms with E-state index in [-0.39, 0.29) is 72.8 Å². The van der Waals surface area contributed by atoms with E-state index in [1.165, 1.54) is 7.11 Å². The summed E-state index contributed by atoms with van der Waals surface area (Å²) < 4.78 is 10.1. The molecule has 2 heterocycles. The standard InChI is InChI=1S/C27H31N5O5.2HI/c1-36-24(33)22(31-26(35)37-17-18-5-3-2-4-6-18)16-32-13-11-27(12-14-32)15-21(30-25(27)34)19-7-9-20(10-8-19)23(28)29;;/h2-10,22H,11-17H2,1H3,(H3,28,29)(H,31,35);2*1H. The average Bonchev–Trinajstić information content (AvgIpc) is 3.23. The molecule has 0 bridgehead atoms. The van der Waals surface area contributed by atoms with Crippen LogP contribution < -0.4 is 11.1 Å². The lowest BCUT2D eigenvalue weighted by atomic mass is 9.75. The number of nitrogens with zero attached hydrogens (tertiary/aromatic N) is 2. The summed E-state index contributed by atoms with van der Waals surface area (Å²) in [6.07, 6.45) is 1.03. The summed E-state index contributed by atoms with van der Waals surface area (Å²) in [5.41, 5.74) is 8.01. The van der Waals surface area contributed by atoms with Crippen LogP contribution in [0.1, 0.15) is 36.0 Å². The van der Waals surface area contributed by atoms with Crippen LogP contribution in [0.25, 0.3) is 0 Å². The van der Waals surface area contributed by atoms with E-state index in [4.69, 9.17) is 20.6 Å². The average molecular weight is 761 g/mol. The Hall–Kier alpha value is -2.59. The number of esters is 1. The molecule has 1 spiro atoms. The number of amidine groups is 1. The molecule has 2 aromatic rings.